The van der Waals surface area contributed by atoms with E-state index in [0.717, 1.165) is 11.3 Å². The maximum atomic E-state index is 12.3. The van der Waals surface area contributed by atoms with Gasteiger partial charge in [-0.2, -0.15) is 5.10 Å². The molecule has 3 aromatic rings. The van der Waals surface area contributed by atoms with Crippen LogP contribution in [0.2, 0.25) is 0 Å². The molecule has 1 N–H and O–H groups in total. The Balaban J connectivity index is 1.96. The molecule has 0 aliphatic heterocycles. The molecule has 0 spiro atoms. The van der Waals surface area contributed by atoms with E-state index in [9.17, 15) is 9.59 Å². The lowest BCUT2D eigenvalue weighted by atomic mass is 10.1. The van der Waals surface area contributed by atoms with Crippen LogP contribution in [-0.4, -0.2) is 25.3 Å². The van der Waals surface area contributed by atoms with Gasteiger partial charge in [0.25, 0.3) is 5.56 Å². The van der Waals surface area contributed by atoms with E-state index in [1.807, 2.05) is 6.92 Å². The van der Waals surface area contributed by atoms with E-state index in [4.69, 9.17) is 5.11 Å². The molecule has 0 radical (unpaired) electrons. The average Bonchev–Trinajstić information content (AvgIpc) is 2.84. The van der Waals surface area contributed by atoms with E-state index in [1.165, 1.54) is 12.1 Å². The number of fused-ring (bicyclic) bond motifs is 1. The second-order valence-electron chi connectivity index (χ2n) is 4.85. The van der Waals surface area contributed by atoms with Crippen molar-refractivity contribution in [3.8, 4) is 0 Å². The normalized spacial score (nSPS) is 10.9. The fraction of sp³-hybridized carbons (Fsp3) is 0.133. The molecule has 6 heteroatoms. The highest BCUT2D eigenvalue weighted by Crippen LogP contribution is 2.07. The Kier molecular flexibility index (Phi) is 3.06. The van der Waals surface area contributed by atoms with Crippen molar-refractivity contribution in [2.75, 3.05) is 0 Å². The van der Waals surface area contributed by atoms with Gasteiger partial charge >= 0.3 is 5.97 Å². The van der Waals surface area contributed by atoms with Crippen molar-refractivity contribution < 1.29 is 9.90 Å². The zero-order valence-corrected chi connectivity index (χ0v) is 11.4. The standard InChI is InChI=1S/C15H13N3O3/c1-10-8-13-14(19)17(6-7-18(13)16-10)9-11-2-4-12(5-3-11)15(20)21/h2-8H,9H2,1H3,(H,20,21). The number of aryl methyl sites for hydroxylation is 1. The molecule has 2 aromatic heterocycles. The lowest BCUT2D eigenvalue weighted by molar-refractivity contribution is 0.0697. The van der Waals surface area contributed by atoms with Crippen LogP contribution in [0.5, 0.6) is 0 Å². The number of carboxylic acid groups (broad SMARTS) is 1. The van der Waals surface area contributed by atoms with Crippen molar-refractivity contribution in [3.05, 3.63) is 69.9 Å². The Bertz CT molecular complexity index is 875. The van der Waals surface area contributed by atoms with Gasteiger partial charge in [-0.05, 0) is 30.7 Å². The molecule has 21 heavy (non-hydrogen) atoms. The van der Waals surface area contributed by atoms with Crippen molar-refractivity contribution in [2.24, 2.45) is 0 Å². The van der Waals surface area contributed by atoms with Crippen molar-refractivity contribution in [1.82, 2.24) is 14.2 Å². The Labute approximate surface area is 119 Å². The number of nitrogens with zero attached hydrogens (tertiary/aromatic N) is 3. The summed E-state index contributed by atoms with van der Waals surface area (Å²) in [4.78, 5) is 23.1. The number of carbonyl (C=O) groups is 1. The Hall–Kier alpha value is -2.89. The van der Waals surface area contributed by atoms with E-state index >= 15 is 0 Å². The molecule has 0 saturated heterocycles. The minimum absolute atomic E-state index is 0.125. The number of aromatic nitrogens is 3. The van der Waals surface area contributed by atoms with Crippen LogP contribution in [0.3, 0.4) is 0 Å². The van der Waals surface area contributed by atoms with E-state index in [0.29, 0.717) is 12.1 Å². The largest absolute Gasteiger partial charge is 0.478 e. The summed E-state index contributed by atoms with van der Waals surface area (Å²) < 4.78 is 3.13. The van der Waals surface area contributed by atoms with Crippen LogP contribution in [0.1, 0.15) is 21.6 Å². The molecule has 0 amide bonds. The van der Waals surface area contributed by atoms with Crippen LogP contribution >= 0.6 is 0 Å². The van der Waals surface area contributed by atoms with Crippen LogP contribution < -0.4 is 5.56 Å². The van der Waals surface area contributed by atoms with Gasteiger partial charge in [-0.15, -0.1) is 0 Å². The SMILES string of the molecule is Cc1cc2c(=O)n(Cc3ccc(C(=O)O)cc3)ccn2n1. The minimum atomic E-state index is -0.963. The van der Waals surface area contributed by atoms with Crippen LogP contribution in [0.4, 0.5) is 0 Å². The van der Waals surface area contributed by atoms with Crippen molar-refractivity contribution in [2.45, 2.75) is 13.5 Å². The molecule has 1 aromatic carbocycles. The van der Waals surface area contributed by atoms with Gasteiger partial charge in [-0.1, -0.05) is 12.1 Å². The van der Waals surface area contributed by atoms with E-state index in [1.54, 1.807) is 39.7 Å². The molecule has 2 heterocycles. The lowest BCUT2D eigenvalue weighted by Crippen LogP contribution is -2.21. The van der Waals surface area contributed by atoms with Gasteiger partial charge in [0.05, 0.1) is 17.8 Å². The van der Waals surface area contributed by atoms with Crippen LogP contribution in [0.25, 0.3) is 5.52 Å². The van der Waals surface area contributed by atoms with Crippen LogP contribution in [0.15, 0.2) is 47.5 Å². The summed E-state index contributed by atoms with van der Waals surface area (Å²) in [5.41, 5.74) is 2.28. The van der Waals surface area contributed by atoms with Gasteiger partial charge in [0.2, 0.25) is 0 Å². The third-order valence-electron chi connectivity index (χ3n) is 3.28. The first kappa shape index (κ1) is 13.1. The molecular formula is C15H13N3O3. The Morgan fingerprint density at radius 3 is 2.62 bits per heavy atom. The van der Waals surface area contributed by atoms with Gasteiger partial charge in [-0.25, -0.2) is 9.31 Å². The zero-order valence-electron chi connectivity index (χ0n) is 11.4. The maximum Gasteiger partial charge on any atom is 0.335 e. The minimum Gasteiger partial charge on any atom is -0.478 e. The lowest BCUT2D eigenvalue weighted by Gasteiger charge is -2.06. The van der Waals surface area contributed by atoms with E-state index < -0.39 is 5.97 Å². The highest BCUT2D eigenvalue weighted by atomic mass is 16.4. The summed E-state index contributed by atoms with van der Waals surface area (Å²) in [6, 6.07) is 8.23. The predicted octanol–water partition coefficient (Wildman–Crippen LogP) is 1.55. The first-order valence-electron chi connectivity index (χ1n) is 6.42. The Morgan fingerprint density at radius 2 is 1.95 bits per heavy atom. The highest BCUT2D eigenvalue weighted by molar-refractivity contribution is 5.87. The van der Waals surface area contributed by atoms with E-state index in [-0.39, 0.29) is 11.1 Å². The number of hydrogen-bond acceptors (Lipinski definition) is 3. The zero-order chi connectivity index (χ0) is 15.0. The summed E-state index contributed by atoms with van der Waals surface area (Å²) in [5, 5.41) is 13.1. The molecule has 0 saturated carbocycles. The second kappa shape index (κ2) is 4.90. The molecule has 0 bridgehead atoms. The van der Waals surface area contributed by atoms with Gasteiger partial charge in [0.15, 0.2) is 0 Å². The number of carboxylic acids is 1. The predicted molar refractivity (Wildman–Crippen MR) is 76.7 cm³/mol. The average molecular weight is 283 g/mol. The van der Waals surface area contributed by atoms with E-state index in [2.05, 4.69) is 5.10 Å². The summed E-state index contributed by atoms with van der Waals surface area (Å²) >= 11 is 0. The first-order chi connectivity index (χ1) is 10.0. The first-order valence-corrected chi connectivity index (χ1v) is 6.42. The third-order valence-corrected chi connectivity index (χ3v) is 3.28. The van der Waals surface area contributed by atoms with Gasteiger partial charge < -0.3 is 9.67 Å². The molecule has 0 atom stereocenters. The maximum absolute atomic E-state index is 12.3. The molecular weight excluding hydrogens is 270 g/mol. The van der Waals surface area contributed by atoms with Crippen LogP contribution in [0, 0.1) is 6.92 Å². The third kappa shape index (κ3) is 2.43. The quantitative estimate of drug-likeness (QED) is 0.791. The monoisotopic (exact) mass is 283 g/mol. The molecule has 0 aliphatic rings. The molecule has 0 fully saturated rings. The fourth-order valence-corrected chi connectivity index (χ4v) is 2.22. The number of aromatic carboxylic acids is 1. The van der Waals surface area contributed by atoms with Crippen molar-refractivity contribution >= 4 is 11.5 Å². The molecule has 106 valence electrons. The number of hydrogen-bond donors (Lipinski definition) is 1. The number of benzene rings is 1. The smallest absolute Gasteiger partial charge is 0.335 e. The highest BCUT2D eigenvalue weighted by Gasteiger charge is 2.07. The summed E-state index contributed by atoms with van der Waals surface area (Å²) in [6.45, 7) is 2.22. The van der Waals surface area contributed by atoms with Crippen LogP contribution in [-0.2, 0) is 6.54 Å². The summed E-state index contributed by atoms with van der Waals surface area (Å²) in [5.74, 6) is -0.963. The van der Waals surface area contributed by atoms with Crippen molar-refractivity contribution in [1.29, 1.82) is 0 Å². The Morgan fingerprint density at radius 1 is 1.24 bits per heavy atom. The van der Waals surface area contributed by atoms with Crippen molar-refractivity contribution in [3.63, 3.8) is 0 Å². The molecule has 0 aliphatic carbocycles. The number of rotatable bonds is 3. The summed E-state index contributed by atoms with van der Waals surface area (Å²) in [7, 11) is 0. The topological polar surface area (TPSA) is 76.6 Å². The van der Waals surface area contributed by atoms with Gasteiger partial charge in [0.1, 0.15) is 5.52 Å². The van der Waals surface area contributed by atoms with Gasteiger partial charge in [-0.3, -0.25) is 4.79 Å². The fourth-order valence-electron chi connectivity index (χ4n) is 2.22. The summed E-state index contributed by atoms with van der Waals surface area (Å²) in [6.07, 6.45) is 3.40. The molecule has 6 nitrogen and oxygen atoms in total. The molecule has 0 unspecified atom stereocenters. The second-order valence-corrected chi connectivity index (χ2v) is 4.85. The van der Waals surface area contributed by atoms with Gasteiger partial charge in [0, 0.05) is 12.4 Å². The molecule has 3 rings (SSSR count).